The zero-order valence-corrected chi connectivity index (χ0v) is 12.8. The summed E-state index contributed by atoms with van der Waals surface area (Å²) in [5.74, 6) is 1.46. The highest BCUT2D eigenvalue weighted by Crippen LogP contribution is 2.28. The summed E-state index contributed by atoms with van der Waals surface area (Å²) in [6.07, 6.45) is 0.305. The molecule has 2 aromatic carbocycles. The molecule has 1 atom stereocenters. The van der Waals surface area contributed by atoms with E-state index in [9.17, 15) is 5.11 Å². The van der Waals surface area contributed by atoms with E-state index in [-0.39, 0.29) is 6.61 Å². The molecule has 0 aliphatic carbocycles. The minimum absolute atomic E-state index is 0.0514. The highest BCUT2D eigenvalue weighted by Gasteiger charge is 2.22. The molecule has 0 fully saturated rings. The predicted octanol–water partition coefficient (Wildman–Crippen LogP) is 3.83. The molecule has 0 heterocycles. The van der Waals surface area contributed by atoms with Crippen LogP contribution in [0.15, 0.2) is 53.0 Å². The predicted molar refractivity (Wildman–Crippen MR) is 81.9 cm³/mol. The van der Waals surface area contributed by atoms with Crippen molar-refractivity contribution in [2.75, 3.05) is 6.61 Å². The van der Waals surface area contributed by atoms with Crippen LogP contribution >= 0.6 is 15.9 Å². The Bertz CT molecular complexity index is 547. The van der Waals surface area contributed by atoms with E-state index in [4.69, 9.17) is 9.84 Å². The lowest BCUT2D eigenvalue weighted by Crippen LogP contribution is -2.22. The van der Waals surface area contributed by atoms with Gasteiger partial charge in [0.1, 0.15) is 11.5 Å². The van der Waals surface area contributed by atoms with Gasteiger partial charge in [-0.2, -0.15) is 0 Å². The molecule has 0 bridgehead atoms. The summed E-state index contributed by atoms with van der Waals surface area (Å²) in [7, 11) is 0. The SMILES string of the molecule is CC(O)(CCO)c1ccc(Oc2ccc(Br)cc2)cc1. The number of hydrogen-bond acceptors (Lipinski definition) is 3. The van der Waals surface area contributed by atoms with Crippen molar-refractivity contribution in [1.82, 2.24) is 0 Å². The molecule has 0 aromatic heterocycles. The summed E-state index contributed by atoms with van der Waals surface area (Å²) in [5.41, 5.74) is -0.264. The minimum Gasteiger partial charge on any atom is -0.457 e. The first-order valence-electron chi connectivity index (χ1n) is 6.38. The summed E-state index contributed by atoms with van der Waals surface area (Å²) in [6, 6.07) is 14.8. The second-order valence-corrected chi connectivity index (χ2v) is 5.74. The molecule has 106 valence electrons. The van der Waals surface area contributed by atoms with E-state index in [0.29, 0.717) is 12.2 Å². The zero-order valence-electron chi connectivity index (χ0n) is 11.2. The first-order valence-corrected chi connectivity index (χ1v) is 7.18. The van der Waals surface area contributed by atoms with Gasteiger partial charge in [-0.15, -0.1) is 0 Å². The lowest BCUT2D eigenvalue weighted by atomic mass is 9.93. The molecular formula is C16H17BrO3. The van der Waals surface area contributed by atoms with Gasteiger partial charge < -0.3 is 14.9 Å². The molecule has 0 amide bonds. The molecule has 2 N–H and O–H groups in total. The van der Waals surface area contributed by atoms with E-state index >= 15 is 0 Å². The summed E-state index contributed by atoms with van der Waals surface area (Å²) in [6.45, 7) is 1.64. The third-order valence-electron chi connectivity index (χ3n) is 3.12. The van der Waals surface area contributed by atoms with Crippen LogP contribution in [0.3, 0.4) is 0 Å². The summed E-state index contributed by atoms with van der Waals surface area (Å²) < 4.78 is 6.71. The van der Waals surface area contributed by atoms with Crippen molar-refractivity contribution in [2.24, 2.45) is 0 Å². The van der Waals surface area contributed by atoms with Crippen LogP contribution in [0.25, 0.3) is 0 Å². The van der Waals surface area contributed by atoms with Gasteiger partial charge in [0, 0.05) is 17.5 Å². The molecule has 0 aliphatic rings. The van der Waals surface area contributed by atoms with Crippen molar-refractivity contribution >= 4 is 15.9 Å². The number of benzene rings is 2. The van der Waals surface area contributed by atoms with Crippen molar-refractivity contribution in [1.29, 1.82) is 0 Å². The molecule has 3 nitrogen and oxygen atoms in total. The molecule has 4 heteroatoms. The number of aliphatic hydroxyl groups excluding tert-OH is 1. The molecule has 0 spiro atoms. The van der Waals surface area contributed by atoms with E-state index < -0.39 is 5.60 Å². The van der Waals surface area contributed by atoms with Gasteiger partial charge in [-0.05, 0) is 48.9 Å². The maximum atomic E-state index is 10.2. The number of halogens is 1. The van der Waals surface area contributed by atoms with Gasteiger partial charge in [-0.3, -0.25) is 0 Å². The zero-order chi connectivity index (χ0) is 14.6. The first-order chi connectivity index (χ1) is 9.51. The second-order valence-electron chi connectivity index (χ2n) is 4.83. The normalized spacial score (nSPS) is 13.8. The molecule has 0 aliphatic heterocycles. The molecule has 0 saturated carbocycles. The number of aliphatic hydroxyl groups is 2. The first kappa shape index (κ1) is 15.0. The molecule has 2 rings (SSSR count). The standard InChI is InChI=1S/C16H17BrO3/c1-16(19,10-11-18)12-2-6-14(7-3-12)20-15-8-4-13(17)5-9-15/h2-9,18-19H,10-11H2,1H3. The van der Waals surface area contributed by atoms with Gasteiger partial charge in [0.05, 0.1) is 5.60 Å². The summed E-state index contributed by atoms with van der Waals surface area (Å²) in [5, 5.41) is 19.1. The van der Waals surface area contributed by atoms with Crippen molar-refractivity contribution < 1.29 is 14.9 Å². The minimum atomic E-state index is -1.02. The highest BCUT2D eigenvalue weighted by molar-refractivity contribution is 9.10. The number of hydrogen-bond donors (Lipinski definition) is 2. The van der Waals surface area contributed by atoms with E-state index in [1.54, 1.807) is 6.92 Å². The Balaban J connectivity index is 2.10. The molecule has 20 heavy (non-hydrogen) atoms. The Hall–Kier alpha value is -1.36. The highest BCUT2D eigenvalue weighted by atomic mass is 79.9. The Kier molecular flexibility index (Phi) is 4.81. The second kappa shape index (κ2) is 6.39. The van der Waals surface area contributed by atoms with Crippen molar-refractivity contribution in [3.63, 3.8) is 0 Å². The van der Waals surface area contributed by atoms with Crippen molar-refractivity contribution in [3.05, 3.63) is 58.6 Å². The topological polar surface area (TPSA) is 49.7 Å². The average Bonchev–Trinajstić information content (AvgIpc) is 2.42. The fourth-order valence-electron chi connectivity index (χ4n) is 1.88. The maximum Gasteiger partial charge on any atom is 0.127 e. The lowest BCUT2D eigenvalue weighted by molar-refractivity contribution is 0.0299. The lowest BCUT2D eigenvalue weighted by Gasteiger charge is -2.22. The van der Waals surface area contributed by atoms with Gasteiger partial charge in [0.2, 0.25) is 0 Å². The van der Waals surface area contributed by atoms with Crippen LogP contribution < -0.4 is 4.74 Å². The maximum absolute atomic E-state index is 10.2. The van der Waals surface area contributed by atoms with Crippen molar-refractivity contribution in [3.8, 4) is 11.5 Å². The Morgan fingerprint density at radius 1 is 1.00 bits per heavy atom. The molecule has 0 saturated heterocycles. The van der Waals surface area contributed by atoms with Crippen LogP contribution in [0.4, 0.5) is 0 Å². The quantitative estimate of drug-likeness (QED) is 0.872. The molecule has 0 radical (unpaired) electrons. The Morgan fingerprint density at radius 2 is 1.50 bits per heavy atom. The Labute approximate surface area is 127 Å². The average molecular weight is 337 g/mol. The third kappa shape index (κ3) is 3.82. The van der Waals surface area contributed by atoms with Gasteiger partial charge in [-0.1, -0.05) is 28.1 Å². The van der Waals surface area contributed by atoms with E-state index in [2.05, 4.69) is 15.9 Å². The fraction of sp³-hybridized carbons (Fsp3) is 0.250. The van der Waals surface area contributed by atoms with Gasteiger partial charge in [0.15, 0.2) is 0 Å². The van der Waals surface area contributed by atoms with Crippen LogP contribution in [0, 0.1) is 0 Å². The summed E-state index contributed by atoms with van der Waals surface area (Å²) in [4.78, 5) is 0. The van der Waals surface area contributed by atoms with E-state index in [0.717, 1.165) is 15.8 Å². The van der Waals surface area contributed by atoms with Crippen LogP contribution in [-0.2, 0) is 5.60 Å². The van der Waals surface area contributed by atoms with Crippen molar-refractivity contribution in [2.45, 2.75) is 18.9 Å². The number of rotatable bonds is 5. The summed E-state index contributed by atoms with van der Waals surface area (Å²) >= 11 is 3.37. The van der Waals surface area contributed by atoms with Gasteiger partial charge in [0.25, 0.3) is 0 Å². The van der Waals surface area contributed by atoms with Crippen LogP contribution in [0.1, 0.15) is 18.9 Å². The van der Waals surface area contributed by atoms with Crippen LogP contribution in [-0.4, -0.2) is 16.8 Å². The van der Waals surface area contributed by atoms with E-state index in [1.807, 2.05) is 48.5 Å². The fourth-order valence-corrected chi connectivity index (χ4v) is 2.15. The smallest absolute Gasteiger partial charge is 0.127 e. The van der Waals surface area contributed by atoms with E-state index in [1.165, 1.54) is 0 Å². The monoisotopic (exact) mass is 336 g/mol. The number of ether oxygens (including phenoxy) is 1. The van der Waals surface area contributed by atoms with Crippen LogP contribution in [0.5, 0.6) is 11.5 Å². The third-order valence-corrected chi connectivity index (χ3v) is 3.65. The molecule has 1 unspecified atom stereocenters. The molecular weight excluding hydrogens is 320 g/mol. The van der Waals surface area contributed by atoms with Gasteiger partial charge in [-0.25, -0.2) is 0 Å². The molecule has 2 aromatic rings. The van der Waals surface area contributed by atoms with Gasteiger partial charge >= 0.3 is 0 Å². The Morgan fingerprint density at radius 3 is 2.00 bits per heavy atom. The van der Waals surface area contributed by atoms with Crippen LogP contribution in [0.2, 0.25) is 0 Å². The largest absolute Gasteiger partial charge is 0.457 e.